The van der Waals surface area contributed by atoms with Crippen LogP contribution in [0.5, 0.6) is 11.5 Å². The van der Waals surface area contributed by atoms with Crippen molar-refractivity contribution in [3.05, 3.63) is 41.0 Å². The SMILES string of the molecule is COCOc1cc(OC)cc2c1C(=O)O[C@H]1CCCC1=CCC(=O)[C@H]1OC(C)(C)O[C@H]1CC=C2. The average molecular weight is 473 g/mol. The van der Waals surface area contributed by atoms with Gasteiger partial charge < -0.3 is 28.4 Å². The van der Waals surface area contributed by atoms with Crippen LogP contribution in [0.3, 0.4) is 0 Å². The first-order valence-corrected chi connectivity index (χ1v) is 11.6. The lowest BCUT2D eigenvalue weighted by atomic mass is 10.00. The van der Waals surface area contributed by atoms with Crippen molar-refractivity contribution < 1.29 is 38.0 Å². The predicted molar refractivity (Wildman–Crippen MR) is 124 cm³/mol. The number of esters is 1. The second-order valence-electron chi connectivity index (χ2n) is 9.11. The van der Waals surface area contributed by atoms with E-state index in [1.807, 2.05) is 26.0 Å². The Bertz CT molecular complexity index is 993. The molecule has 184 valence electrons. The quantitative estimate of drug-likeness (QED) is 0.366. The summed E-state index contributed by atoms with van der Waals surface area (Å²) in [4.78, 5) is 26.4. The molecule has 0 unspecified atom stereocenters. The maximum atomic E-state index is 13.4. The fourth-order valence-corrected chi connectivity index (χ4v) is 4.67. The number of ether oxygens (including phenoxy) is 6. The molecule has 2 fully saturated rings. The van der Waals surface area contributed by atoms with Gasteiger partial charge in [0.25, 0.3) is 0 Å². The van der Waals surface area contributed by atoms with Crippen LogP contribution in [0.2, 0.25) is 0 Å². The van der Waals surface area contributed by atoms with Gasteiger partial charge in [0.05, 0.1) is 13.2 Å². The van der Waals surface area contributed by atoms with Crippen molar-refractivity contribution in [2.75, 3.05) is 21.0 Å². The van der Waals surface area contributed by atoms with Gasteiger partial charge in [0.15, 0.2) is 18.4 Å². The Hall–Kier alpha value is -2.68. The van der Waals surface area contributed by atoms with E-state index >= 15 is 0 Å². The Morgan fingerprint density at radius 2 is 1.97 bits per heavy atom. The summed E-state index contributed by atoms with van der Waals surface area (Å²) in [6, 6.07) is 3.40. The van der Waals surface area contributed by atoms with Gasteiger partial charge in [0.1, 0.15) is 29.3 Å². The van der Waals surface area contributed by atoms with Crippen molar-refractivity contribution in [3.63, 3.8) is 0 Å². The molecule has 34 heavy (non-hydrogen) atoms. The number of hydrogen-bond donors (Lipinski definition) is 0. The van der Waals surface area contributed by atoms with Crippen LogP contribution < -0.4 is 9.47 Å². The molecule has 8 nitrogen and oxygen atoms in total. The number of ketones is 1. The highest BCUT2D eigenvalue weighted by atomic mass is 16.8. The molecule has 4 rings (SSSR count). The van der Waals surface area contributed by atoms with E-state index in [-0.39, 0.29) is 25.1 Å². The minimum Gasteiger partial charge on any atom is -0.497 e. The number of carbonyl (C=O) groups excluding carboxylic acids is 2. The molecule has 2 heterocycles. The Balaban J connectivity index is 1.77. The third-order valence-electron chi connectivity index (χ3n) is 6.21. The van der Waals surface area contributed by atoms with Crippen molar-refractivity contribution in [1.82, 2.24) is 0 Å². The zero-order chi connectivity index (χ0) is 24.3. The molecule has 2 aliphatic heterocycles. The molecular weight excluding hydrogens is 440 g/mol. The van der Waals surface area contributed by atoms with Crippen LogP contribution in [0, 0.1) is 0 Å². The molecule has 3 atom stereocenters. The van der Waals surface area contributed by atoms with Gasteiger partial charge in [-0.05, 0) is 56.7 Å². The van der Waals surface area contributed by atoms with Crippen LogP contribution in [-0.2, 0) is 23.7 Å². The molecule has 1 aliphatic carbocycles. The minimum atomic E-state index is -0.850. The van der Waals surface area contributed by atoms with Gasteiger partial charge in [-0.3, -0.25) is 4.79 Å². The fourth-order valence-electron chi connectivity index (χ4n) is 4.67. The van der Waals surface area contributed by atoms with E-state index in [2.05, 4.69) is 0 Å². The monoisotopic (exact) mass is 472 g/mol. The number of methoxy groups -OCH3 is 2. The Morgan fingerprint density at radius 3 is 2.74 bits per heavy atom. The standard InChI is InChI=1S/C26H32O8/c1-26(2)33-21-10-6-8-17-13-18(30-4)14-22(31-15-29-3)23(17)25(28)32-20-9-5-7-16(20)11-12-19(27)24(21)34-26/h6,8,11,13-14,20-21,24H,5,7,9-10,12,15H2,1-4H3/t20-,21-,24+/m0/s1. The smallest absolute Gasteiger partial charge is 0.343 e. The Morgan fingerprint density at radius 1 is 1.15 bits per heavy atom. The lowest BCUT2D eigenvalue weighted by Crippen LogP contribution is -2.31. The number of Topliss-reactive ketones (excluding diaryl/α,β-unsaturated/α-hetero) is 1. The predicted octanol–water partition coefficient (Wildman–Crippen LogP) is 4.21. The van der Waals surface area contributed by atoms with E-state index in [9.17, 15) is 9.59 Å². The molecule has 0 N–H and O–H groups in total. The van der Waals surface area contributed by atoms with Crippen molar-refractivity contribution >= 4 is 17.8 Å². The zero-order valence-corrected chi connectivity index (χ0v) is 20.1. The maximum absolute atomic E-state index is 13.4. The normalized spacial score (nSPS) is 26.6. The van der Waals surface area contributed by atoms with Crippen molar-refractivity contribution in [2.45, 2.75) is 70.1 Å². The molecular formula is C26H32O8. The summed E-state index contributed by atoms with van der Waals surface area (Å²) in [5.74, 6) is -0.538. The van der Waals surface area contributed by atoms with Gasteiger partial charge in [-0.25, -0.2) is 4.79 Å². The van der Waals surface area contributed by atoms with E-state index in [1.54, 1.807) is 25.3 Å². The summed E-state index contributed by atoms with van der Waals surface area (Å²) in [5, 5.41) is 0. The molecule has 1 saturated heterocycles. The van der Waals surface area contributed by atoms with Gasteiger partial charge >= 0.3 is 5.97 Å². The van der Waals surface area contributed by atoms with Gasteiger partial charge in [-0.2, -0.15) is 0 Å². The summed E-state index contributed by atoms with van der Waals surface area (Å²) < 4.78 is 34.1. The molecule has 3 aliphatic rings. The summed E-state index contributed by atoms with van der Waals surface area (Å²) in [6.45, 7) is 3.59. The number of rotatable bonds is 4. The van der Waals surface area contributed by atoms with E-state index in [0.29, 0.717) is 35.5 Å². The molecule has 0 bridgehead atoms. The third-order valence-corrected chi connectivity index (χ3v) is 6.21. The number of allylic oxidation sites excluding steroid dienone is 1. The highest BCUT2D eigenvalue weighted by molar-refractivity contribution is 5.97. The molecule has 0 radical (unpaired) electrons. The molecule has 0 spiro atoms. The minimum absolute atomic E-state index is 0.0304. The van der Waals surface area contributed by atoms with E-state index in [1.165, 1.54) is 7.11 Å². The average Bonchev–Trinajstić information content (AvgIpc) is 3.37. The van der Waals surface area contributed by atoms with Crippen molar-refractivity contribution in [3.8, 4) is 11.5 Å². The number of fused-ring (bicyclic) bond motifs is 3. The molecule has 1 saturated carbocycles. The summed E-state index contributed by atoms with van der Waals surface area (Å²) in [5.41, 5.74) is 1.84. The molecule has 1 aromatic rings. The second-order valence-corrected chi connectivity index (χ2v) is 9.11. The maximum Gasteiger partial charge on any atom is 0.343 e. The van der Waals surface area contributed by atoms with Gasteiger partial charge in [0, 0.05) is 19.6 Å². The summed E-state index contributed by atoms with van der Waals surface area (Å²) in [7, 11) is 3.06. The van der Waals surface area contributed by atoms with Crippen LogP contribution >= 0.6 is 0 Å². The van der Waals surface area contributed by atoms with Crippen LogP contribution in [0.4, 0.5) is 0 Å². The molecule has 1 aromatic carbocycles. The third kappa shape index (κ3) is 5.35. The molecule has 8 heteroatoms. The van der Waals surface area contributed by atoms with E-state index in [4.69, 9.17) is 28.4 Å². The fraction of sp³-hybridized carbons (Fsp3) is 0.538. The Labute approximate surface area is 199 Å². The van der Waals surface area contributed by atoms with Crippen LogP contribution in [-0.4, -0.2) is 56.9 Å². The lowest BCUT2D eigenvalue weighted by molar-refractivity contribution is -0.154. The highest BCUT2D eigenvalue weighted by Gasteiger charge is 2.44. The van der Waals surface area contributed by atoms with Crippen LogP contribution in [0.1, 0.15) is 61.9 Å². The van der Waals surface area contributed by atoms with Gasteiger partial charge in [-0.1, -0.05) is 18.2 Å². The van der Waals surface area contributed by atoms with E-state index in [0.717, 1.165) is 18.4 Å². The number of benzene rings is 1. The first kappa shape index (κ1) is 24.4. The van der Waals surface area contributed by atoms with Crippen molar-refractivity contribution in [1.29, 1.82) is 0 Å². The van der Waals surface area contributed by atoms with Gasteiger partial charge in [-0.15, -0.1) is 0 Å². The largest absolute Gasteiger partial charge is 0.497 e. The highest BCUT2D eigenvalue weighted by Crippen LogP contribution is 2.36. The van der Waals surface area contributed by atoms with Gasteiger partial charge in [0.2, 0.25) is 0 Å². The zero-order valence-electron chi connectivity index (χ0n) is 20.1. The first-order valence-electron chi connectivity index (χ1n) is 11.6. The topological polar surface area (TPSA) is 89.5 Å². The first-order chi connectivity index (χ1) is 16.3. The second kappa shape index (κ2) is 10.3. The van der Waals surface area contributed by atoms with Crippen LogP contribution in [0.15, 0.2) is 29.9 Å². The van der Waals surface area contributed by atoms with Crippen LogP contribution in [0.25, 0.3) is 6.08 Å². The summed E-state index contributed by atoms with van der Waals surface area (Å²) in [6.07, 6.45) is 7.10. The number of hydrogen-bond acceptors (Lipinski definition) is 8. The lowest BCUT2D eigenvalue weighted by Gasteiger charge is -2.19. The molecule has 0 aromatic heterocycles. The Kier molecular flexibility index (Phi) is 7.40. The van der Waals surface area contributed by atoms with E-state index < -0.39 is 24.0 Å². The van der Waals surface area contributed by atoms with Crippen molar-refractivity contribution in [2.24, 2.45) is 0 Å². The number of carbonyl (C=O) groups is 2. The summed E-state index contributed by atoms with van der Waals surface area (Å²) >= 11 is 0. The molecule has 0 amide bonds.